The molecule has 0 unspecified atom stereocenters. The zero-order valence-corrected chi connectivity index (χ0v) is 17.3. The lowest BCUT2D eigenvalue weighted by Crippen LogP contribution is -2.64. The second-order valence-electron chi connectivity index (χ2n) is 8.11. The number of likely N-dealkylation sites (N-methyl/N-ethyl adjacent to an activating group) is 1. The van der Waals surface area contributed by atoms with E-state index < -0.39 is 11.4 Å². The summed E-state index contributed by atoms with van der Waals surface area (Å²) < 4.78 is 6.83. The summed E-state index contributed by atoms with van der Waals surface area (Å²) in [6.45, 7) is 4.41. The Labute approximate surface area is 174 Å². The Hall–Kier alpha value is -3.10. The first-order chi connectivity index (χ1) is 14.4. The van der Waals surface area contributed by atoms with Crippen LogP contribution in [0.15, 0.2) is 29.1 Å². The number of nitrogens with one attached hydrogen (secondary N) is 2. The van der Waals surface area contributed by atoms with Crippen LogP contribution in [-0.2, 0) is 17.9 Å². The van der Waals surface area contributed by atoms with Gasteiger partial charge in [0.05, 0.1) is 25.7 Å². The summed E-state index contributed by atoms with van der Waals surface area (Å²) in [6.07, 6.45) is 7.15. The highest BCUT2D eigenvalue weighted by Crippen LogP contribution is 2.29. The van der Waals surface area contributed by atoms with E-state index in [-0.39, 0.29) is 42.3 Å². The van der Waals surface area contributed by atoms with E-state index in [1.54, 1.807) is 23.6 Å². The van der Waals surface area contributed by atoms with Gasteiger partial charge < -0.3 is 24.5 Å². The molecule has 0 aromatic carbocycles. The third-order valence-electron chi connectivity index (χ3n) is 6.07. The number of hydrogen-bond donors (Lipinski definition) is 2. The topological polar surface area (TPSA) is 109 Å². The number of aromatic nitrogens is 2. The van der Waals surface area contributed by atoms with E-state index in [0.29, 0.717) is 12.3 Å². The zero-order valence-electron chi connectivity index (χ0n) is 17.3. The molecule has 1 saturated carbocycles. The summed E-state index contributed by atoms with van der Waals surface area (Å²) in [5, 5.41) is 5.84. The largest absolute Gasteiger partial charge is 0.467 e. The molecule has 1 aliphatic carbocycles. The molecule has 1 fully saturated rings. The molecule has 160 valence electrons. The number of rotatable bonds is 6. The smallest absolute Gasteiger partial charge is 0.273 e. The van der Waals surface area contributed by atoms with E-state index in [9.17, 15) is 14.4 Å². The Morgan fingerprint density at radius 3 is 2.77 bits per heavy atom. The van der Waals surface area contributed by atoms with Gasteiger partial charge in [-0.25, -0.2) is 4.98 Å². The normalized spacial score (nSPS) is 21.5. The van der Waals surface area contributed by atoms with E-state index in [1.807, 2.05) is 6.92 Å². The van der Waals surface area contributed by atoms with Crippen molar-refractivity contribution in [3.8, 4) is 0 Å². The van der Waals surface area contributed by atoms with Gasteiger partial charge in [-0.05, 0) is 38.8 Å². The summed E-state index contributed by atoms with van der Waals surface area (Å²) in [4.78, 5) is 44.8. The number of carbonyl (C=O) groups is 3. The lowest BCUT2D eigenvalue weighted by Gasteiger charge is -2.43. The molecular formula is C21H27N5O4. The van der Waals surface area contributed by atoms with Crippen LogP contribution in [0.1, 0.15) is 66.3 Å². The van der Waals surface area contributed by atoms with E-state index in [0.717, 1.165) is 25.7 Å². The number of hydrogen-bond acceptors (Lipinski definition) is 5. The number of amides is 3. The van der Waals surface area contributed by atoms with E-state index in [4.69, 9.17) is 4.42 Å². The third-order valence-corrected chi connectivity index (χ3v) is 6.07. The van der Waals surface area contributed by atoms with Crippen LogP contribution in [0, 0.1) is 0 Å². The molecule has 0 spiro atoms. The lowest BCUT2D eigenvalue weighted by molar-refractivity contribution is -0.133. The Kier molecular flexibility index (Phi) is 5.36. The van der Waals surface area contributed by atoms with Crippen molar-refractivity contribution >= 4 is 17.7 Å². The molecule has 3 amide bonds. The Bertz CT molecular complexity index is 945. The predicted molar refractivity (Wildman–Crippen MR) is 108 cm³/mol. The fourth-order valence-corrected chi connectivity index (χ4v) is 4.42. The van der Waals surface area contributed by atoms with Gasteiger partial charge in [-0.2, -0.15) is 0 Å². The van der Waals surface area contributed by atoms with Gasteiger partial charge >= 0.3 is 0 Å². The van der Waals surface area contributed by atoms with Crippen molar-refractivity contribution in [1.82, 2.24) is 25.1 Å². The summed E-state index contributed by atoms with van der Waals surface area (Å²) >= 11 is 0. The molecule has 2 aromatic rings. The number of fused-ring (bicyclic) bond motifs is 1. The molecule has 0 radical (unpaired) electrons. The van der Waals surface area contributed by atoms with Crippen LogP contribution in [0.5, 0.6) is 0 Å². The van der Waals surface area contributed by atoms with E-state index >= 15 is 0 Å². The fourth-order valence-electron chi connectivity index (χ4n) is 4.42. The molecule has 9 nitrogen and oxygen atoms in total. The Morgan fingerprint density at radius 1 is 1.33 bits per heavy atom. The van der Waals surface area contributed by atoms with Crippen LogP contribution in [0.2, 0.25) is 0 Å². The van der Waals surface area contributed by atoms with Crippen LogP contribution < -0.4 is 10.6 Å². The monoisotopic (exact) mass is 413 g/mol. The van der Waals surface area contributed by atoms with E-state index in [2.05, 4.69) is 15.6 Å². The highest BCUT2D eigenvalue weighted by atomic mass is 16.3. The van der Waals surface area contributed by atoms with Gasteiger partial charge in [0.2, 0.25) is 5.91 Å². The summed E-state index contributed by atoms with van der Waals surface area (Å²) in [6, 6.07) is 3.65. The quantitative estimate of drug-likeness (QED) is 0.749. The average Bonchev–Trinajstić information content (AvgIpc) is 3.48. The second kappa shape index (κ2) is 7.97. The van der Waals surface area contributed by atoms with Crippen molar-refractivity contribution in [2.24, 2.45) is 0 Å². The molecule has 0 saturated heterocycles. The molecule has 2 aliphatic rings. The van der Waals surface area contributed by atoms with Crippen LogP contribution in [0.4, 0.5) is 0 Å². The minimum atomic E-state index is -1.04. The molecule has 3 heterocycles. The van der Waals surface area contributed by atoms with Crippen LogP contribution >= 0.6 is 0 Å². The van der Waals surface area contributed by atoms with Gasteiger partial charge in [0.25, 0.3) is 11.8 Å². The first-order valence-electron chi connectivity index (χ1n) is 10.4. The molecule has 1 aliphatic heterocycles. The molecule has 1 atom stereocenters. The van der Waals surface area contributed by atoms with Crippen LogP contribution in [0.25, 0.3) is 0 Å². The molecule has 2 N–H and O–H groups in total. The van der Waals surface area contributed by atoms with Gasteiger partial charge in [0, 0.05) is 12.6 Å². The van der Waals surface area contributed by atoms with Crippen molar-refractivity contribution in [2.75, 3.05) is 6.54 Å². The van der Waals surface area contributed by atoms with Gasteiger partial charge in [-0.1, -0.05) is 12.8 Å². The SMILES string of the molecule is CCN1C(=O)c2c(C(=O)NCc3ccco3)ncn2C[C@@]1(C)C(=O)NC1CCCC1. The number of nitrogens with zero attached hydrogens (tertiary/aromatic N) is 3. The minimum Gasteiger partial charge on any atom is -0.467 e. The molecule has 2 aromatic heterocycles. The third kappa shape index (κ3) is 3.48. The number of imidazole rings is 1. The Morgan fingerprint density at radius 2 is 2.10 bits per heavy atom. The lowest BCUT2D eigenvalue weighted by atomic mass is 9.94. The van der Waals surface area contributed by atoms with Gasteiger partial charge in [0.15, 0.2) is 5.69 Å². The maximum Gasteiger partial charge on any atom is 0.273 e. The number of furan rings is 1. The maximum absolute atomic E-state index is 13.3. The molecule has 30 heavy (non-hydrogen) atoms. The first-order valence-corrected chi connectivity index (χ1v) is 10.4. The van der Waals surface area contributed by atoms with Crippen molar-refractivity contribution in [2.45, 2.75) is 64.2 Å². The van der Waals surface area contributed by atoms with Gasteiger partial charge in [-0.15, -0.1) is 0 Å². The highest BCUT2D eigenvalue weighted by Gasteiger charge is 2.48. The first kappa shape index (κ1) is 20.2. The van der Waals surface area contributed by atoms with Crippen molar-refractivity contribution < 1.29 is 18.8 Å². The zero-order chi connectivity index (χ0) is 21.3. The van der Waals surface area contributed by atoms with Crippen molar-refractivity contribution in [3.05, 3.63) is 41.9 Å². The Balaban J connectivity index is 1.56. The van der Waals surface area contributed by atoms with Gasteiger partial charge in [0.1, 0.15) is 17.0 Å². The van der Waals surface area contributed by atoms with Crippen molar-refractivity contribution in [1.29, 1.82) is 0 Å². The molecule has 0 bridgehead atoms. The van der Waals surface area contributed by atoms with E-state index in [1.165, 1.54) is 17.5 Å². The number of carbonyl (C=O) groups excluding carboxylic acids is 3. The molecule has 9 heteroatoms. The van der Waals surface area contributed by atoms with Gasteiger partial charge in [-0.3, -0.25) is 14.4 Å². The standard InChI is InChI=1S/C21H27N5O4/c1-3-26-19(28)17-16(18(27)22-11-15-9-6-10-30-15)23-13-25(17)12-21(26,2)20(29)24-14-7-4-5-8-14/h6,9-10,13-14H,3-5,7-8,11-12H2,1-2H3,(H,22,27)(H,24,29)/t21-/m0/s1. The van der Waals surface area contributed by atoms with Crippen LogP contribution in [0.3, 0.4) is 0 Å². The molecular weight excluding hydrogens is 386 g/mol. The summed E-state index contributed by atoms with van der Waals surface area (Å²) in [7, 11) is 0. The predicted octanol–water partition coefficient (Wildman–Crippen LogP) is 1.70. The van der Waals surface area contributed by atoms with Crippen LogP contribution in [-0.4, -0.2) is 50.3 Å². The molecule has 4 rings (SSSR count). The average molecular weight is 413 g/mol. The summed E-state index contributed by atoms with van der Waals surface area (Å²) in [5.74, 6) is -0.376. The summed E-state index contributed by atoms with van der Waals surface area (Å²) in [5.41, 5.74) is -0.771. The van der Waals surface area contributed by atoms with Crippen molar-refractivity contribution in [3.63, 3.8) is 0 Å². The minimum absolute atomic E-state index is 0.0586. The maximum atomic E-state index is 13.3. The highest BCUT2D eigenvalue weighted by molar-refractivity contribution is 6.07. The fraction of sp³-hybridized carbons (Fsp3) is 0.524. The second-order valence-corrected chi connectivity index (χ2v) is 8.11.